The van der Waals surface area contributed by atoms with Crippen LogP contribution in [0.5, 0.6) is 0 Å². The van der Waals surface area contributed by atoms with Crippen molar-refractivity contribution < 1.29 is 4.79 Å². The number of carbonyl (C=O) groups excluding carboxylic acids is 1. The van der Waals surface area contributed by atoms with Crippen molar-refractivity contribution in [3.8, 4) is 0 Å². The average Bonchev–Trinajstić information content (AvgIpc) is 2.68. The Morgan fingerprint density at radius 3 is 2.57 bits per heavy atom. The number of benzene rings is 3. The Bertz CT molecular complexity index is 1210. The monoisotopic (exact) mass is 372 g/mol. The van der Waals surface area contributed by atoms with Gasteiger partial charge in [-0.25, -0.2) is 4.98 Å². The SMILES string of the molecule is CN(CC(=O)Nc1cccc2ccccc12)Cc1nc2ccccc2c(=O)[nH]1. The molecule has 1 amide bonds. The minimum atomic E-state index is -0.172. The quantitative estimate of drug-likeness (QED) is 0.564. The second-order valence-corrected chi connectivity index (χ2v) is 6.78. The van der Waals surface area contributed by atoms with Gasteiger partial charge in [-0.05, 0) is 30.6 Å². The molecule has 0 bridgehead atoms. The predicted octanol–water partition coefficient (Wildman–Crippen LogP) is 3.15. The molecule has 4 aromatic rings. The number of aromatic nitrogens is 2. The number of para-hydroxylation sites is 1. The molecule has 0 aliphatic carbocycles. The fourth-order valence-corrected chi connectivity index (χ4v) is 3.29. The lowest BCUT2D eigenvalue weighted by atomic mass is 10.1. The van der Waals surface area contributed by atoms with E-state index in [1.807, 2.05) is 66.5 Å². The number of hydrogen-bond acceptors (Lipinski definition) is 4. The molecule has 0 unspecified atom stereocenters. The standard InChI is InChI=1S/C22H20N4O2/c1-26(13-20-23-19-11-5-4-10-17(19)22(28)25-20)14-21(27)24-18-12-6-8-15-7-2-3-9-16(15)18/h2-12H,13-14H2,1H3,(H,24,27)(H,23,25,28). The highest BCUT2D eigenvalue weighted by atomic mass is 16.2. The third-order valence-electron chi connectivity index (χ3n) is 4.56. The van der Waals surface area contributed by atoms with Gasteiger partial charge in [-0.3, -0.25) is 14.5 Å². The maximum atomic E-state index is 12.5. The Labute approximate surface area is 161 Å². The summed E-state index contributed by atoms with van der Waals surface area (Å²) in [5.74, 6) is 0.408. The van der Waals surface area contributed by atoms with Gasteiger partial charge in [-0.2, -0.15) is 0 Å². The number of nitrogens with one attached hydrogen (secondary N) is 2. The van der Waals surface area contributed by atoms with Gasteiger partial charge in [0.05, 0.1) is 24.0 Å². The summed E-state index contributed by atoms with van der Waals surface area (Å²) in [6.07, 6.45) is 0. The van der Waals surface area contributed by atoms with Crippen molar-refractivity contribution >= 4 is 33.3 Å². The van der Waals surface area contributed by atoms with E-state index in [9.17, 15) is 9.59 Å². The van der Waals surface area contributed by atoms with Crippen LogP contribution < -0.4 is 10.9 Å². The van der Waals surface area contributed by atoms with Crippen molar-refractivity contribution in [3.63, 3.8) is 0 Å². The minimum Gasteiger partial charge on any atom is -0.324 e. The molecule has 0 radical (unpaired) electrons. The molecule has 28 heavy (non-hydrogen) atoms. The summed E-state index contributed by atoms with van der Waals surface area (Å²) in [6, 6.07) is 20.9. The lowest BCUT2D eigenvalue weighted by molar-refractivity contribution is -0.117. The molecule has 0 saturated carbocycles. The Balaban J connectivity index is 1.45. The Morgan fingerprint density at radius 2 is 1.71 bits per heavy atom. The van der Waals surface area contributed by atoms with Crippen LogP contribution in [0, 0.1) is 0 Å². The summed E-state index contributed by atoms with van der Waals surface area (Å²) < 4.78 is 0. The molecule has 0 spiro atoms. The predicted molar refractivity (Wildman–Crippen MR) is 111 cm³/mol. The molecule has 6 nitrogen and oxygen atoms in total. The van der Waals surface area contributed by atoms with Crippen molar-refractivity contribution in [1.82, 2.24) is 14.9 Å². The summed E-state index contributed by atoms with van der Waals surface area (Å²) in [6.45, 7) is 0.544. The number of anilines is 1. The molecule has 0 atom stereocenters. The number of fused-ring (bicyclic) bond motifs is 2. The number of hydrogen-bond donors (Lipinski definition) is 2. The van der Waals surface area contributed by atoms with Crippen LogP contribution in [-0.2, 0) is 11.3 Å². The fourth-order valence-electron chi connectivity index (χ4n) is 3.29. The van der Waals surface area contributed by atoms with E-state index >= 15 is 0 Å². The van der Waals surface area contributed by atoms with E-state index in [0.29, 0.717) is 23.3 Å². The number of likely N-dealkylation sites (N-methyl/N-ethyl adjacent to an activating group) is 1. The zero-order valence-electron chi connectivity index (χ0n) is 15.5. The molecule has 1 aromatic heterocycles. The first-order valence-electron chi connectivity index (χ1n) is 9.04. The largest absolute Gasteiger partial charge is 0.324 e. The maximum absolute atomic E-state index is 12.5. The highest BCUT2D eigenvalue weighted by Gasteiger charge is 2.11. The van der Waals surface area contributed by atoms with Gasteiger partial charge in [0.25, 0.3) is 5.56 Å². The van der Waals surface area contributed by atoms with E-state index in [0.717, 1.165) is 16.5 Å². The highest BCUT2D eigenvalue weighted by molar-refractivity contribution is 6.02. The zero-order valence-corrected chi connectivity index (χ0v) is 15.5. The summed E-state index contributed by atoms with van der Waals surface area (Å²) in [5.41, 5.74) is 1.26. The zero-order chi connectivity index (χ0) is 19.5. The first-order valence-corrected chi connectivity index (χ1v) is 9.04. The molecule has 0 saturated heterocycles. The van der Waals surface area contributed by atoms with Crippen molar-refractivity contribution in [2.24, 2.45) is 0 Å². The third kappa shape index (κ3) is 3.77. The number of aromatic amines is 1. The molecule has 0 fully saturated rings. The van der Waals surface area contributed by atoms with Gasteiger partial charge >= 0.3 is 0 Å². The van der Waals surface area contributed by atoms with Crippen molar-refractivity contribution in [2.45, 2.75) is 6.54 Å². The van der Waals surface area contributed by atoms with Crippen molar-refractivity contribution in [3.05, 3.63) is 82.9 Å². The number of nitrogens with zero attached hydrogens (tertiary/aromatic N) is 2. The second-order valence-electron chi connectivity index (χ2n) is 6.78. The molecule has 0 aliphatic rings. The van der Waals surface area contributed by atoms with Crippen LogP contribution in [0.15, 0.2) is 71.5 Å². The Hall–Kier alpha value is -3.51. The molecule has 3 aromatic carbocycles. The Morgan fingerprint density at radius 1 is 1.00 bits per heavy atom. The van der Waals surface area contributed by atoms with Crippen LogP contribution in [-0.4, -0.2) is 34.4 Å². The minimum absolute atomic E-state index is 0.123. The normalized spacial score (nSPS) is 11.2. The average molecular weight is 372 g/mol. The van der Waals surface area contributed by atoms with E-state index in [1.54, 1.807) is 12.1 Å². The van der Waals surface area contributed by atoms with E-state index < -0.39 is 0 Å². The summed E-state index contributed by atoms with van der Waals surface area (Å²) in [7, 11) is 1.82. The van der Waals surface area contributed by atoms with Crippen molar-refractivity contribution in [1.29, 1.82) is 0 Å². The van der Waals surface area contributed by atoms with Gasteiger partial charge in [-0.15, -0.1) is 0 Å². The molecule has 2 N–H and O–H groups in total. The summed E-state index contributed by atoms with van der Waals surface area (Å²) in [4.78, 5) is 33.7. The summed E-state index contributed by atoms with van der Waals surface area (Å²) in [5, 5.41) is 5.60. The molecular formula is C22H20N4O2. The lowest BCUT2D eigenvalue weighted by Crippen LogP contribution is -2.31. The smallest absolute Gasteiger partial charge is 0.258 e. The van der Waals surface area contributed by atoms with Gasteiger partial charge in [0, 0.05) is 11.1 Å². The van der Waals surface area contributed by atoms with Gasteiger partial charge in [0.1, 0.15) is 5.82 Å². The van der Waals surface area contributed by atoms with Gasteiger partial charge < -0.3 is 10.3 Å². The Kier molecular flexibility index (Phi) is 4.87. The topological polar surface area (TPSA) is 78.1 Å². The molecule has 0 aliphatic heterocycles. The van der Waals surface area contributed by atoms with E-state index in [4.69, 9.17) is 0 Å². The van der Waals surface area contributed by atoms with Crippen LogP contribution in [0.3, 0.4) is 0 Å². The van der Waals surface area contributed by atoms with Crippen LogP contribution in [0.1, 0.15) is 5.82 Å². The molecule has 140 valence electrons. The summed E-state index contributed by atoms with van der Waals surface area (Å²) >= 11 is 0. The van der Waals surface area contributed by atoms with Crippen molar-refractivity contribution in [2.75, 3.05) is 18.9 Å². The molecular weight excluding hydrogens is 352 g/mol. The first kappa shape index (κ1) is 17.9. The van der Waals surface area contributed by atoms with Crippen LogP contribution in [0.25, 0.3) is 21.7 Å². The van der Waals surface area contributed by atoms with Crippen LogP contribution >= 0.6 is 0 Å². The van der Waals surface area contributed by atoms with E-state index in [-0.39, 0.29) is 18.0 Å². The number of H-pyrrole nitrogens is 1. The number of amides is 1. The highest BCUT2D eigenvalue weighted by Crippen LogP contribution is 2.22. The van der Waals surface area contributed by atoms with E-state index in [1.165, 1.54) is 0 Å². The number of rotatable bonds is 5. The van der Waals surface area contributed by atoms with Crippen LogP contribution in [0.4, 0.5) is 5.69 Å². The third-order valence-corrected chi connectivity index (χ3v) is 4.56. The van der Waals surface area contributed by atoms with E-state index in [2.05, 4.69) is 15.3 Å². The van der Waals surface area contributed by atoms with Crippen LogP contribution in [0.2, 0.25) is 0 Å². The first-order chi connectivity index (χ1) is 13.6. The van der Waals surface area contributed by atoms with Gasteiger partial charge in [0.15, 0.2) is 0 Å². The lowest BCUT2D eigenvalue weighted by Gasteiger charge is -2.16. The molecule has 1 heterocycles. The second kappa shape index (κ2) is 7.62. The fraction of sp³-hybridized carbons (Fsp3) is 0.136. The molecule has 4 rings (SSSR count). The van der Waals surface area contributed by atoms with Gasteiger partial charge in [-0.1, -0.05) is 48.5 Å². The molecule has 6 heteroatoms. The van der Waals surface area contributed by atoms with Gasteiger partial charge in [0.2, 0.25) is 5.91 Å². The maximum Gasteiger partial charge on any atom is 0.258 e. The number of carbonyl (C=O) groups is 1.